The summed E-state index contributed by atoms with van der Waals surface area (Å²) in [6, 6.07) is 2.10. The molecule has 8 nitrogen and oxygen atoms in total. The molecule has 0 bridgehead atoms. The second-order valence-electron chi connectivity index (χ2n) is 15.9. The molecule has 0 unspecified atom stereocenters. The molecule has 0 saturated carbocycles. The molecule has 0 atom stereocenters. The van der Waals surface area contributed by atoms with Crippen LogP contribution >= 0.6 is 0 Å². The molecule has 4 saturated heterocycles. The molecule has 8 heteroatoms. The van der Waals surface area contributed by atoms with Gasteiger partial charge in [-0.1, -0.05) is 0 Å². The van der Waals surface area contributed by atoms with E-state index >= 15 is 0 Å². The summed E-state index contributed by atoms with van der Waals surface area (Å²) >= 11 is 0. The zero-order valence-electron chi connectivity index (χ0n) is 31.6. The minimum absolute atomic E-state index is 0.359. The third kappa shape index (κ3) is 15.2. The van der Waals surface area contributed by atoms with Crippen molar-refractivity contribution in [3.05, 3.63) is 0 Å². The van der Waals surface area contributed by atoms with E-state index in [1.54, 1.807) is 0 Å². The summed E-state index contributed by atoms with van der Waals surface area (Å²) in [5.74, 6) is 1.85. The number of hydrogen-bond donors (Lipinski definition) is 0. The summed E-state index contributed by atoms with van der Waals surface area (Å²) in [5.41, 5.74) is 0. The molecular formula is C37H77N7O. The van der Waals surface area contributed by atoms with Crippen LogP contribution in [0.3, 0.4) is 0 Å². The van der Waals surface area contributed by atoms with Crippen molar-refractivity contribution in [3.8, 4) is 0 Å². The number of nitrogens with zero attached hydrogens (tertiary/aromatic N) is 7. The van der Waals surface area contributed by atoms with E-state index in [9.17, 15) is 0 Å². The number of hydrogen-bond acceptors (Lipinski definition) is 8. The fraction of sp³-hybridized carbons (Fsp3) is 1.00. The van der Waals surface area contributed by atoms with Crippen LogP contribution in [0.4, 0.5) is 0 Å². The summed E-state index contributed by atoms with van der Waals surface area (Å²) in [6.45, 7) is 40.4. The Labute approximate surface area is 280 Å². The average molecular weight is 636 g/mol. The number of rotatable bonds is 14. The Bertz CT molecular complexity index is 733. The van der Waals surface area contributed by atoms with Gasteiger partial charge in [-0.05, 0) is 126 Å². The summed E-state index contributed by atoms with van der Waals surface area (Å²) in [4.78, 5) is 18.3. The van der Waals surface area contributed by atoms with Gasteiger partial charge in [0.15, 0.2) is 0 Å². The summed E-state index contributed by atoms with van der Waals surface area (Å²) in [7, 11) is 2.24. The van der Waals surface area contributed by atoms with Crippen molar-refractivity contribution in [3.63, 3.8) is 0 Å². The zero-order valence-corrected chi connectivity index (χ0v) is 31.6. The van der Waals surface area contributed by atoms with E-state index in [2.05, 4.69) is 96.7 Å². The number of likely N-dealkylation sites (N-methyl/N-ethyl adjacent to an activating group) is 1. The number of ether oxygens (including phenoxy) is 1. The van der Waals surface area contributed by atoms with Crippen LogP contribution in [0.25, 0.3) is 0 Å². The van der Waals surface area contributed by atoms with Gasteiger partial charge in [-0.25, -0.2) is 0 Å². The van der Waals surface area contributed by atoms with Gasteiger partial charge in [-0.3, -0.25) is 9.80 Å². The predicted molar refractivity (Wildman–Crippen MR) is 193 cm³/mol. The van der Waals surface area contributed by atoms with Crippen LogP contribution in [-0.2, 0) is 4.74 Å². The van der Waals surface area contributed by atoms with Gasteiger partial charge >= 0.3 is 0 Å². The lowest BCUT2D eigenvalue weighted by Crippen LogP contribution is -2.50. The summed E-state index contributed by atoms with van der Waals surface area (Å²) in [5, 5.41) is 0. The number of piperidine rings is 2. The molecule has 0 amide bonds. The van der Waals surface area contributed by atoms with E-state index < -0.39 is 0 Å². The van der Waals surface area contributed by atoms with Gasteiger partial charge < -0.3 is 29.2 Å². The van der Waals surface area contributed by atoms with Gasteiger partial charge in [0, 0.05) is 103 Å². The molecule has 4 rings (SSSR count). The SMILES string of the molecule is CC(C)N(C)CCN1CCC(CN2CCN(C(C)C)CC2)CC1.CC(C)OCCN1CCN(CC2CCN(C(C)C)CC2)CC1. The summed E-state index contributed by atoms with van der Waals surface area (Å²) in [6.07, 6.45) is 5.94. The van der Waals surface area contributed by atoms with E-state index in [-0.39, 0.29) is 0 Å². The van der Waals surface area contributed by atoms with Crippen molar-refractivity contribution in [1.82, 2.24) is 34.3 Å². The largest absolute Gasteiger partial charge is 0.377 e. The maximum Gasteiger partial charge on any atom is 0.0596 e. The first-order valence-electron chi connectivity index (χ1n) is 19.2. The highest BCUT2D eigenvalue weighted by molar-refractivity contribution is 4.81. The predicted octanol–water partition coefficient (Wildman–Crippen LogP) is 4.21. The first kappa shape index (κ1) is 39.1. The fourth-order valence-electron chi connectivity index (χ4n) is 7.41. The first-order chi connectivity index (χ1) is 21.5. The number of likely N-dealkylation sites (tertiary alicyclic amines) is 2. The Morgan fingerprint density at radius 2 is 0.956 bits per heavy atom. The second kappa shape index (κ2) is 20.9. The lowest BCUT2D eigenvalue weighted by molar-refractivity contribution is 0.0393. The van der Waals surface area contributed by atoms with Crippen LogP contribution in [-0.4, -0.2) is 183 Å². The molecule has 0 radical (unpaired) electrons. The molecule has 4 fully saturated rings. The second-order valence-corrected chi connectivity index (χ2v) is 15.9. The lowest BCUT2D eigenvalue weighted by atomic mass is 9.95. The first-order valence-corrected chi connectivity index (χ1v) is 19.2. The summed E-state index contributed by atoms with van der Waals surface area (Å²) < 4.78 is 5.66. The molecule has 0 aromatic heterocycles. The Hall–Kier alpha value is -0.320. The molecule has 0 spiro atoms. The minimum Gasteiger partial charge on any atom is -0.377 e. The molecule has 266 valence electrons. The van der Waals surface area contributed by atoms with Gasteiger partial charge in [0.05, 0.1) is 12.7 Å². The molecule has 0 aromatic rings. The van der Waals surface area contributed by atoms with E-state index in [1.165, 1.54) is 130 Å². The molecule has 4 aliphatic heterocycles. The van der Waals surface area contributed by atoms with Crippen molar-refractivity contribution < 1.29 is 4.74 Å². The molecule has 4 heterocycles. The minimum atomic E-state index is 0.359. The molecule has 0 aromatic carbocycles. The molecule has 0 N–H and O–H groups in total. The van der Waals surface area contributed by atoms with E-state index in [0.717, 1.165) is 31.0 Å². The lowest BCUT2D eigenvalue weighted by Gasteiger charge is -2.40. The highest BCUT2D eigenvalue weighted by Crippen LogP contribution is 2.21. The Morgan fingerprint density at radius 1 is 0.533 bits per heavy atom. The zero-order chi connectivity index (χ0) is 32.8. The Balaban J connectivity index is 0.000000246. The highest BCUT2D eigenvalue weighted by atomic mass is 16.5. The van der Waals surface area contributed by atoms with Crippen LogP contribution in [0.5, 0.6) is 0 Å². The van der Waals surface area contributed by atoms with E-state index in [0.29, 0.717) is 18.2 Å². The monoisotopic (exact) mass is 636 g/mol. The van der Waals surface area contributed by atoms with E-state index in [1.807, 2.05) is 0 Å². The van der Waals surface area contributed by atoms with Crippen LogP contribution < -0.4 is 0 Å². The number of piperazine rings is 2. The standard InChI is InChI=1S/C19H40N4.C18H37N3O/c1-17(2)20(5)10-11-21-8-6-19(7-9-21)16-22-12-14-23(15-13-22)18(3)4;1-16(2)21-7-5-18(6-8-21)15-20-11-9-19(10-12-20)13-14-22-17(3)4/h17-19H,6-16H2,1-5H3;16-18H,5-15H2,1-4H3. The smallest absolute Gasteiger partial charge is 0.0596 e. The molecular weight excluding hydrogens is 558 g/mol. The van der Waals surface area contributed by atoms with Gasteiger partial charge in [0.1, 0.15) is 0 Å². The fourth-order valence-corrected chi connectivity index (χ4v) is 7.41. The van der Waals surface area contributed by atoms with Crippen LogP contribution in [0.1, 0.15) is 81.1 Å². The normalized spacial score (nSPS) is 23.6. The highest BCUT2D eigenvalue weighted by Gasteiger charge is 2.26. The van der Waals surface area contributed by atoms with Crippen molar-refractivity contribution >= 4 is 0 Å². The van der Waals surface area contributed by atoms with Gasteiger partial charge in [0.2, 0.25) is 0 Å². The topological polar surface area (TPSA) is 31.9 Å². The quantitative estimate of drug-likeness (QED) is 0.281. The van der Waals surface area contributed by atoms with Crippen molar-refractivity contribution in [2.24, 2.45) is 11.8 Å². The molecule has 4 aliphatic rings. The van der Waals surface area contributed by atoms with Crippen LogP contribution in [0.15, 0.2) is 0 Å². The third-order valence-electron chi connectivity index (χ3n) is 11.2. The van der Waals surface area contributed by atoms with Crippen LogP contribution in [0, 0.1) is 11.8 Å². The molecule has 45 heavy (non-hydrogen) atoms. The van der Waals surface area contributed by atoms with Crippen LogP contribution in [0.2, 0.25) is 0 Å². The molecule has 0 aliphatic carbocycles. The third-order valence-corrected chi connectivity index (χ3v) is 11.2. The average Bonchev–Trinajstić information content (AvgIpc) is 3.02. The Kier molecular flexibility index (Phi) is 18.2. The van der Waals surface area contributed by atoms with Gasteiger partial charge in [-0.2, -0.15) is 0 Å². The Morgan fingerprint density at radius 3 is 1.42 bits per heavy atom. The van der Waals surface area contributed by atoms with E-state index in [4.69, 9.17) is 4.74 Å². The maximum absolute atomic E-state index is 5.66. The van der Waals surface area contributed by atoms with Gasteiger partial charge in [-0.15, -0.1) is 0 Å². The van der Waals surface area contributed by atoms with Crippen molar-refractivity contribution in [2.75, 3.05) is 125 Å². The van der Waals surface area contributed by atoms with Crippen molar-refractivity contribution in [1.29, 1.82) is 0 Å². The maximum atomic E-state index is 5.66. The van der Waals surface area contributed by atoms with Gasteiger partial charge in [0.25, 0.3) is 0 Å². The van der Waals surface area contributed by atoms with Crippen molar-refractivity contribution in [2.45, 2.75) is 105 Å².